The van der Waals surface area contributed by atoms with Crippen LogP contribution in [0.15, 0.2) is 48.5 Å². The lowest BCUT2D eigenvalue weighted by Gasteiger charge is -2.40. The molecule has 3 atom stereocenters. The summed E-state index contributed by atoms with van der Waals surface area (Å²) in [7, 11) is -3.61. The fourth-order valence-corrected chi connectivity index (χ4v) is 7.23. The van der Waals surface area contributed by atoms with Crippen LogP contribution in [-0.2, 0) is 21.4 Å². The van der Waals surface area contributed by atoms with Gasteiger partial charge >= 0.3 is 0 Å². The van der Waals surface area contributed by atoms with Crippen molar-refractivity contribution >= 4 is 21.6 Å². The molecule has 2 aliphatic rings. The second kappa shape index (κ2) is 9.43. The molecule has 0 bridgehead atoms. The summed E-state index contributed by atoms with van der Waals surface area (Å²) in [6.07, 6.45) is 1.30. The van der Waals surface area contributed by atoms with Crippen LogP contribution in [-0.4, -0.2) is 55.2 Å². The zero-order valence-electron chi connectivity index (χ0n) is 19.4. The molecular formula is C25H32FN3O3S. The van der Waals surface area contributed by atoms with E-state index in [1.807, 2.05) is 55.1 Å². The SMILES string of the molecule is CC(=O)N1CCN(c2ccc(CN3[C@@H](C)CCC(c4ccccc4)S3(=O)=O)c(F)c2)C[C@H]1C. The Labute approximate surface area is 196 Å². The van der Waals surface area contributed by atoms with Crippen LogP contribution in [0.5, 0.6) is 0 Å². The van der Waals surface area contributed by atoms with Gasteiger partial charge in [0.2, 0.25) is 15.9 Å². The van der Waals surface area contributed by atoms with E-state index in [2.05, 4.69) is 4.90 Å². The summed E-state index contributed by atoms with van der Waals surface area (Å²) in [6, 6.07) is 14.2. The second-order valence-electron chi connectivity index (χ2n) is 9.20. The van der Waals surface area contributed by atoms with E-state index in [-0.39, 0.29) is 24.5 Å². The minimum atomic E-state index is -3.61. The molecule has 0 radical (unpaired) electrons. The molecule has 4 rings (SSSR count). The molecule has 33 heavy (non-hydrogen) atoms. The molecule has 1 unspecified atom stereocenters. The number of halogens is 1. The summed E-state index contributed by atoms with van der Waals surface area (Å²) < 4.78 is 43.5. The van der Waals surface area contributed by atoms with Gasteiger partial charge in [0.25, 0.3) is 0 Å². The largest absolute Gasteiger partial charge is 0.368 e. The molecule has 2 aliphatic heterocycles. The van der Waals surface area contributed by atoms with Crippen molar-refractivity contribution in [2.45, 2.75) is 57.5 Å². The number of carbonyl (C=O) groups excluding carboxylic acids is 1. The number of amides is 1. The molecule has 6 nitrogen and oxygen atoms in total. The Hall–Kier alpha value is -2.45. The van der Waals surface area contributed by atoms with Gasteiger partial charge in [0.15, 0.2) is 0 Å². The standard InChI is InChI=1S/C25H32FN3O3S/c1-18-9-12-25(21-7-5-4-6-8-21)33(31,32)29(18)17-22-10-11-23(15-24(22)26)27-13-14-28(20(3)30)19(2)16-27/h4-8,10-11,15,18-19,25H,9,12-14,16-17H2,1-3H3/t18-,19+,25?/m0/s1. The van der Waals surface area contributed by atoms with Crippen molar-refractivity contribution < 1.29 is 17.6 Å². The van der Waals surface area contributed by atoms with Gasteiger partial charge in [-0.05, 0) is 44.4 Å². The Kier molecular flexibility index (Phi) is 6.77. The van der Waals surface area contributed by atoms with Crippen LogP contribution in [0.25, 0.3) is 0 Å². The Morgan fingerprint density at radius 3 is 2.39 bits per heavy atom. The Bertz CT molecular complexity index is 1110. The first-order valence-electron chi connectivity index (χ1n) is 11.5. The fourth-order valence-electron chi connectivity index (χ4n) is 5.04. The topological polar surface area (TPSA) is 60.9 Å². The molecular weight excluding hydrogens is 441 g/mol. The second-order valence-corrected chi connectivity index (χ2v) is 11.3. The number of benzene rings is 2. The van der Waals surface area contributed by atoms with Gasteiger partial charge in [-0.25, -0.2) is 12.8 Å². The zero-order valence-corrected chi connectivity index (χ0v) is 20.3. The summed E-state index contributed by atoms with van der Waals surface area (Å²) >= 11 is 0. The summed E-state index contributed by atoms with van der Waals surface area (Å²) in [5.41, 5.74) is 1.91. The molecule has 0 aliphatic carbocycles. The van der Waals surface area contributed by atoms with Crippen molar-refractivity contribution in [2.75, 3.05) is 24.5 Å². The molecule has 2 aromatic rings. The number of anilines is 1. The minimum absolute atomic E-state index is 0.0213. The van der Waals surface area contributed by atoms with Crippen LogP contribution in [0.3, 0.4) is 0 Å². The number of hydrogen-bond donors (Lipinski definition) is 0. The molecule has 2 aromatic carbocycles. The minimum Gasteiger partial charge on any atom is -0.368 e. The highest BCUT2D eigenvalue weighted by Crippen LogP contribution is 2.38. The van der Waals surface area contributed by atoms with Crippen molar-refractivity contribution in [1.82, 2.24) is 9.21 Å². The zero-order chi connectivity index (χ0) is 23.8. The van der Waals surface area contributed by atoms with Crippen LogP contribution in [0.4, 0.5) is 10.1 Å². The van der Waals surface area contributed by atoms with Gasteiger partial charge in [-0.15, -0.1) is 0 Å². The number of carbonyl (C=O) groups is 1. The number of hydrogen-bond acceptors (Lipinski definition) is 4. The third kappa shape index (κ3) is 4.77. The quantitative estimate of drug-likeness (QED) is 0.675. The predicted molar refractivity (Wildman–Crippen MR) is 128 cm³/mol. The molecule has 0 N–H and O–H groups in total. The van der Waals surface area contributed by atoms with Gasteiger partial charge in [0, 0.05) is 56.4 Å². The van der Waals surface area contributed by atoms with E-state index in [9.17, 15) is 13.2 Å². The molecule has 1 amide bonds. The van der Waals surface area contributed by atoms with Crippen molar-refractivity contribution in [3.05, 3.63) is 65.5 Å². The lowest BCUT2D eigenvalue weighted by atomic mass is 10.0. The Balaban J connectivity index is 1.52. The third-order valence-electron chi connectivity index (χ3n) is 6.96. The van der Waals surface area contributed by atoms with E-state index < -0.39 is 21.1 Å². The lowest BCUT2D eigenvalue weighted by Crippen LogP contribution is -2.53. The lowest BCUT2D eigenvalue weighted by molar-refractivity contribution is -0.131. The summed E-state index contributed by atoms with van der Waals surface area (Å²) in [6.45, 7) is 7.34. The molecule has 8 heteroatoms. The highest BCUT2D eigenvalue weighted by atomic mass is 32.2. The Morgan fingerprint density at radius 2 is 1.76 bits per heavy atom. The first-order chi connectivity index (χ1) is 15.7. The first-order valence-corrected chi connectivity index (χ1v) is 13.0. The summed E-state index contributed by atoms with van der Waals surface area (Å²) in [5, 5.41) is -0.601. The van der Waals surface area contributed by atoms with Gasteiger partial charge in [0.1, 0.15) is 11.1 Å². The highest BCUT2D eigenvalue weighted by molar-refractivity contribution is 7.89. The van der Waals surface area contributed by atoms with Crippen molar-refractivity contribution in [3.63, 3.8) is 0 Å². The van der Waals surface area contributed by atoms with Gasteiger partial charge in [0.05, 0.1) is 0 Å². The van der Waals surface area contributed by atoms with Crippen LogP contribution < -0.4 is 4.90 Å². The smallest absolute Gasteiger partial charge is 0.221 e. The van der Waals surface area contributed by atoms with Gasteiger partial charge < -0.3 is 9.80 Å². The fraction of sp³-hybridized carbons (Fsp3) is 0.480. The maximum atomic E-state index is 15.1. The van der Waals surface area contributed by atoms with E-state index in [1.54, 1.807) is 13.0 Å². The molecule has 2 heterocycles. The van der Waals surface area contributed by atoms with Crippen LogP contribution in [0, 0.1) is 5.82 Å². The monoisotopic (exact) mass is 473 g/mol. The van der Waals surface area contributed by atoms with E-state index in [4.69, 9.17) is 0 Å². The average Bonchev–Trinajstić information content (AvgIpc) is 2.77. The van der Waals surface area contributed by atoms with Gasteiger partial charge in [-0.1, -0.05) is 36.4 Å². The number of piperazine rings is 1. The number of rotatable bonds is 4. The number of nitrogens with zero attached hydrogens (tertiary/aromatic N) is 3. The first kappa shape index (κ1) is 23.7. The van der Waals surface area contributed by atoms with Gasteiger partial charge in [-0.3, -0.25) is 4.79 Å². The predicted octanol–water partition coefficient (Wildman–Crippen LogP) is 3.94. The highest BCUT2D eigenvalue weighted by Gasteiger charge is 2.40. The van der Waals surface area contributed by atoms with Crippen molar-refractivity contribution in [3.8, 4) is 0 Å². The molecule has 2 fully saturated rings. The van der Waals surface area contributed by atoms with Crippen molar-refractivity contribution in [1.29, 1.82) is 0 Å². The van der Waals surface area contributed by atoms with E-state index in [0.29, 0.717) is 31.6 Å². The van der Waals surface area contributed by atoms with Crippen molar-refractivity contribution in [2.24, 2.45) is 0 Å². The molecule has 0 saturated carbocycles. The average molecular weight is 474 g/mol. The van der Waals surface area contributed by atoms with Crippen LogP contribution >= 0.6 is 0 Å². The molecule has 0 spiro atoms. The Morgan fingerprint density at radius 1 is 1.03 bits per heavy atom. The van der Waals surface area contributed by atoms with Gasteiger partial charge in [-0.2, -0.15) is 4.31 Å². The van der Waals surface area contributed by atoms with Crippen LogP contribution in [0.1, 0.15) is 50.0 Å². The molecule has 0 aromatic heterocycles. The van der Waals surface area contributed by atoms with Crippen LogP contribution in [0.2, 0.25) is 0 Å². The maximum absolute atomic E-state index is 15.1. The maximum Gasteiger partial charge on any atom is 0.221 e. The normalized spacial score (nSPS) is 25.8. The van der Waals surface area contributed by atoms with E-state index in [0.717, 1.165) is 17.7 Å². The van der Waals surface area contributed by atoms with E-state index in [1.165, 1.54) is 10.4 Å². The summed E-state index contributed by atoms with van der Waals surface area (Å²) in [4.78, 5) is 15.6. The molecule has 178 valence electrons. The number of sulfonamides is 1. The molecule has 2 saturated heterocycles. The summed E-state index contributed by atoms with van der Waals surface area (Å²) in [5.74, 6) is -0.354. The van der Waals surface area contributed by atoms with E-state index >= 15 is 4.39 Å². The third-order valence-corrected chi connectivity index (χ3v) is 9.33.